The van der Waals surface area contributed by atoms with Crippen LogP contribution in [0, 0.1) is 6.92 Å². The summed E-state index contributed by atoms with van der Waals surface area (Å²) in [5.41, 5.74) is 0. The summed E-state index contributed by atoms with van der Waals surface area (Å²) < 4.78 is 0. The topological polar surface area (TPSA) is 3.24 Å². The van der Waals surface area contributed by atoms with Crippen LogP contribution < -0.4 is 17.0 Å². The van der Waals surface area contributed by atoms with Crippen LogP contribution in [0.2, 0.25) is 0 Å². The summed E-state index contributed by atoms with van der Waals surface area (Å²) in [5, 5.41) is 0. The molecule has 0 aromatic rings. The fourth-order valence-corrected chi connectivity index (χ4v) is 0.211. The zero-order valence-electron chi connectivity index (χ0n) is 5.39. The minimum Gasteiger partial charge on any atom is -1.00 e. The van der Waals surface area contributed by atoms with Crippen LogP contribution in [0.25, 0.3) is 0 Å². The van der Waals surface area contributed by atoms with E-state index in [4.69, 9.17) is 0 Å². The Morgan fingerprint density at radius 3 is 1.75 bits per heavy atom. The molecule has 0 aliphatic heterocycles. The molecule has 0 radical (unpaired) electrons. The fraction of sp³-hybridized carbons (Fsp3) is 0.400. The molecule has 0 saturated heterocycles. The summed E-state index contributed by atoms with van der Waals surface area (Å²) in [5.74, 6) is 0. The Bertz CT molecular complexity index is 54.4. The van der Waals surface area contributed by atoms with Crippen LogP contribution in [0.15, 0.2) is 12.3 Å². The van der Waals surface area contributed by atoms with Gasteiger partial charge in [-0.25, -0.2) is 13.0 Å². The second-order valence-corrected chi connectivity index (χ2v) is 1.35. The van der Waals surface area contributed by atoms with Gasteiger partial charge in [-0.2, -0.15) is 6.20 Å². The molecule has 0 aliphatic carbocycles. The minimum atomic E-state index is 0. The van der Waals surface area contributed by atoms with Crippen molar-refractivity contribution in [3.05, 3.63) is 19.2 Å². The first kappa shape index (κ1) is 15.9. The maximum atomic E-state index is 3.50. The molecule has 1 nitrogen and oxygen atoms in total. The third-order valence-corrected chi connectivity index (χ3v) is 0.404. The summed E-state index contributed by atoms with van der Waals surface area (Å²) >= 11 is 0. The number of halogens is 1. The van der Waals surface area contributed by atoms with Crippen molar-refractivity contribution < 1.29 is 17.0 Å². The van der Waals surface area contributed by atoms with Crippen LogP contribution in [0.4, 0.5) is 0 Å². The molecule has 0 aromatic carbocycles. The SMILES string of the molecule is [Br-].[CH2-]/C=C/N(C)C.[Mg+2]. The largest absolute Gasteiger partial charge is 2.00 e. The van der Waals surface area contributed by atoms with Crippen LogP contribution >= 0.6 is 0 Å². The molecule has 0 atom stereocenters. The van der Waals surface area contributed by atoms with Gasteiger partial charge in [0, 0.05) is 0 Å². The number of hydrogen-bond acceptors (Lipinski definition) is 1. The van der Waals surface area contributed by atoms with Crippen molar-refractivity contribution >= 4 is 23.1 Å². The second-order valence-electron chi connectivity index (χ2n) is 1.35. The summed E-state index contributed by atoms with van der Waals surface area (Å²) in [6.07, 6.45) is 3.64. The number of hydrogen-bond donors (Lipinski definition) is 0. The van der Waals surface area contributed by atoms with Crippen LogP contribution in [0.1, 0.15) is 0 Å². The molecule has 0 rings (SSSR count). The smallest absolute Gasteiger partial charge is 1.00 e. The molecule has 0 unspecified atom stereocenters. The molecular formula is C5H10BrMgN. The first-order valence-corrected chi connectivity index (χ1v) is 1.89. The van der Waals surface area contributed by atoms with Gasteiger partial charge < -0.3 is 21.9 Å². The predicted octanol–water partition coefficient (Wildman–Crippen LogP) is -2.48. The number of rotatable bonds is 1. The normalized spacial score (nSPS) is 7.25. The van der Waals surface area contributed by atoms with Crippen LogP contribution in [-0.2, 0) is 0 Å². The summed E-state index contributed by atoms with van der Waals surface area (Å²) in [7, 11) is 3.92. The maximum Gasteiger partial charge on any atom is 2.00 e. The van der Waals surface area contributed by atoms with E-state index in [1.165, 1.54) is 0 Å². The Balaban J connectivity index is -0.000000125. The van der Waals surface area contributed by atoms with E-state index in [-0.39, 0.29) is 40.0 Å². The standard InChI is InChI=1S/C5H10N.BrH.Mg/c1-4-5-6(2)3;;/h4-5H,1H2,2-3H3;1H;/q-1;;+2/p-1/b5-4+;;. The molecule has 8 heavy (non-hydrogen) atoms. The summed E-state index contributed by atoms with van der Waals surface area (Å²) in [6, 6.07) is 0. The van der Waals surface area contributed by atoms with Gasteiger partial charge in [0.1, 0.15) is 0 Å². The first-order valence-electron chi connectivity index (χ1n) is 1.89. The minimum absolute atomic E-state index is 0. The van der Waals surface area contributed by atoms with Gasteiger partial charge in [-0.3, -0.25) is 0 Å². The van der Waals surface area contributed by atoms with Crippen molar-refractivity contribution in [3.8, 4) is 0 Å². The monoisotopic (exact) mass is 187 g/mol. The molecule has 44 valence electrons. The Labute approximate surface area is 78.1 Å². The van der Waals surface area contributed by atoms with Crippen LogP contribution in [-0.4, -0.2) is 42.0 Å². The van der Waals surface area contributed by atoms with Gasteiger partial charge in [-0.15, -0.1) is 0 Å². The van der Waals surface area contributed by atoms with E-state index in [1.807, 2.05) is 25.2 Å². The van der Waals surface area contributed by atoms with Crippen molar-refractivity contribution in [3.63, 3.8) is 0 Å². The maximum absolute atomic E-state index is 3.50. The molecule has 0 saturated carbocycles. The van der Waals surface area contributed by atoms with Crippen molar-refractivity contribution in [2.45, 2.75) is 0 Å². The second kappa shape index (κ2) is 10.6. The molecule has 0 amide bonds. The Hall–Kier alpha value is 0.656. The average Bonchev–Trinajstić information content (AvgIpc) is 1.35. The van der Waals surface area contributed by atoms with E-state index in [9.17, 15) is 0 Å². The molecule has 0 spiro atoms. The summed E-state index contributed by atoms with van der Waals surface area (Å²) in [4.78, 5) is 1.94. The van der Waals surface area contributed by atoms with Crippen molar-refractivity contribution in [1.82, 2.24) is 4.90 Å². The van der Waals surface area contributed by atoms with Crippen molar-refractivity contribution in [2.24, 2.45) is 0 Å². The van der Waals surface area contributed by atoms with Gasteiger partial charge in [-0.05, 0) is 14.1 Å². The zero-order valence-corrected chi connectivity index (χ0v) is 8.39. The van der Waals surface area contributed by atoms with E-state index < -0.39 is 0 Å². The summed E-state index contributed by atoms with van der Waals surface area (Å²) in [6.45, 7) is 3.50. The van der Waals surface area contributed by atoms with Gasteiger partial charge >= 0.3 is 23.1 Å². The molecule has 0 heterocycles. The quantitative estimate of drug-likeness (QED) is 0.325. The van der Waals surface area contributed by atoms with Gasteiger partial charge in [0.15, 0.2) is 0 Å². The molecule has 0 fully saturated rings. The van der Waals surface area contributed by atoms with E-state index in [0.717, 1.165) is 0 Å². The van der Waals surface area contributed by atoms with E-state index in [0.29, 0.717) is 0 Å². The van der Waals surface area contributed by atoms with Crippen LogP contribution in [0.5, 0.6) is 0 Å². The van der Waals surface area contributed by atoms with Gasteiger partial charge in [0.2, 0.25) is 0 Å². The first-order chi connectivity index (χ1) is 2.77. The molecular weight excluding hydrogens is 178 g/mol. The van der Waals surface area contributed by atoms with E-state index in [2.05, 4.69) is 6.92 Å². The average molecular weight is 188 g/mol. The van der Waals surface area contributed by atoms with E-state index in [1.54, 1.807) is 6.08 Å². The Morgan fingerprint density at radius 2 is 1.75 bits per heavy atom. The number of nitrogens with zero attached hydrogens (tertiary/aromatic N) is 1. The molecule has 3 heteroatoms. The fourth-order valence-electron chi connectivity index (χ4n) is 0.211. The van der Waals surface area contributed by atoms with Crippen LogP contribution in [0.3, 0.4) is 0 Å². The predicted molar refractivity (Wildman–Crippen MR) is 33.9 cm³/mol. The third-order valence-electron chi connectivity index (χ3n) is 0.404. The zero-order chi connectivity index (χ0) is 4.99. The van der Waals surface area contributed by atoms with E-state index >= 15 is 0 Å². The molecule has 0 aliphatic rings. The number of allylic oxidation sites excluding steroid dienone is 1. The molecule has 0 bridgehead atoms. The van der Waals surface area contributed by atoms with Crippen molar-refractivity contribution in [1.29, 1.82) is 0 Å². The Kier molecular flexibility index (Phi) is 21.0. The van der Waals surface area contributed by atoms with Crippen molar-refractivity contribution in [2.75, 3.05) is 14.1 Å². The van der Waals surface area contributed by atoms with Gasteiger partial charge in [0.05, 0.1) is 0 Å². The molecule has 0 N–H and O–H groups in total. The Morgan fingerprint density at radius 1 is 1.38 bits per heavy atom. The third kappa shape index (κ3) is 15.9. The molecule has 0 aromatic heterocycles. The van der Waals surface area contributed by atoms with Gasteiger partial charge in [0.25, 0.3) is 0 Å². The van der Waals surface area contributed by atoms with Gasteiger partial charge in [-0.1, -0.05) is 0 Å².